The van der Waals surface area contributed by atoms with Crippen molar-refractivity contribution in [2.45, 2.75) is 19.4 Å². The predicted molar refractivity (Wildman–Crippen MR) is 75.3 cm³/mol. The van der Waals surface area contributed by atoms with Crippen molar-refractivity contribution in [2.75, 3.05) is 13.7 Å². The highest BCUT2D eigenvalue weighted by atomic mass is 16.5. The summed E-state index contributed by atoms with van der Waals surface area (Å²) in [5.74, 6) is 0.902. The molecule has 1 aliphatic heterocycles. The van der Waals surface area contributed by atoms with Crippen LogP contribution in [-0.4, -0.2) is 23.4 Å². The van der Waals surface area contributed by atoms with Crippen LogP contribution in [0.4, 0.5) is 0 Å². The highest BCUT2D eigenvalue weighted by Gasteiger charge is 2.25. The van der Waals surface area contributed by atoms with Gasteiger partial charge in [-0.3, -0.25) is 4.68 Å². The molecule has 3 rings (SSSR count). The Morgan fingerprint density at radius 3 is 2.95 bits per heavy atom. The first kappa shape index (κ1) is 12.2. The van der Waals surface area contributed by atoms with Gasteiger partial charge in [-0.2, -0.15) is 5.10 Å². The number of ether oxygens (including phenoxy) is 1. The summed E-state index contributed by atoms with van der Waals surface area (Å²) in [5.41, 5.74) is 4.81. The Morgan fingerprint density at radius 2 is 2.16 bits per heavy atom. The van der Waals surface area contributed by atoms with Crippen LogP contribution in [-0.2, 0) is 13.5 Å². The summed E-state index contributed by atoms with van der Waals surface area (Å²) >= 11 is 0. The van der Waals surface area contributed by atoms with Crippen LogP contribution in [0.5, 0.6) is 5.75 Å². The Bertz CT molecular complexity index is 603. The molecule has 1 aromatic carbocycles. The maximum absolute atomic E-state index is 5.49. The van der Waals surface area contributed by atoms with Crippen LogP contribution in [0.2, 0.25) is 0 Å². The second-order valence-electron chi connectivity index (χ2n) is 4.96. The highest BCUT2D eigenvalue weighted by molar-refractivity contribution is 5.71. The number of aryl methyl sites for hydroxylation is 1. The van der Waals surface area contributed by atoms with E-state index in [9.17, 15) is 0 Å². The summed E-state index contributed by atoms with van der Waals surface area (Å²) < 4.78 is 7.46. The van der Waals surface area contributed by atoms with Gasteiger partial charge >= 0.3 is 0 Å². The number of fused-ring (bicyclic) bond motifs is 1. The van der Waals surface area contributed by atoms with Crippen molar-refractivity contribution in [3.05, 3.63) is 35.5 Å². The molecule has 0 saturated carbocycles. The van der Waals surface area contributed by atoms with Gasteiger partial charge in [-0.05, 0) is 32.0 Å². The second-order valence-corrected chi connectivity index (χ2v) is 4.96. The minimum Gasteiger partial charge on any atom is -0.496 e. The number of hydrogen-bond acceptors (Lipinski definition) is 3. The zero-order chi connectivity index (χ0) is 13.4. The minimum absolute atomic E-state index is 0.318. The SMILES string of the molecule is COc1ccccc1-c1c2c(nn1C)[C@H](C)NCC2. The molecule has 0 bridgehead atoms. The van der Waals surface area contributed by atoms with Crippen molar-refractivity contribution < 1.29 is 4.74 Å². The second kappa shape index (κ2) is 4.70. The van der Waals surface area contributed by atoms with Crippen LogP contribution in [0, 0.1) is 0 Å². The molecule has 0 spiro atoms. The lowest BCUT2D eigenvalue weighted by atomic mass is 9.97. The quantitative estimate of drug-likeness (QED) is 0.897. The zero-order valence-electron chi connectivity index (χ0n) is 11.6. The lowest BCUT2D eigenvalue weighted by Gasteiger charge is -2.20. The number of para-hydroxylation sites is 1. The maximum Gasteiger partial charge on any atom is 0.128 e. The van der Waals surface area contributed by atoms with Crippen LogP contribution in [0.3, 0.4) is 0 Å². The Morgan fingerprint density at radius 1 is 1.37 bits per heavy atom. The minimum atomic E-state index is 0.318. The summed E-state index contributed by atoms with van der Waals surface area (Å²) in [4.78, 5) is 0. The van der Waals surface area contributed by atoms with Crippen molar-refractivity contribution in [3.63, 3.8) is 0 Å². The summed E-state index contributed by atoms with van der Waals surface area (Å²) in [5, 5.41) is 8.13. The smallest absolute Gasteiger partial charge is 0.128 e. The standard InChI is InChI=1S/C15H19N3O/c1-10-14-12(8-9-16-10)15(18(2)17-14)11-6-4-5-7-13(11)19-3/h4-7,10,16H,8-9H2,1-3H3/t10-/m0/s1. The Labute approximate surface area is 113 Å². The van der Waals surface area contributed by atoms with Gasteiger partial charge in [0, 0.05) is 24.2 Å². The van der Waals surface area contributed by atoms with Gasteiger partial charge < -0.3 is 10.1 Å². The molecule has 0 aliphatic carbocycles. The molecule has 4 nitrogen and oxygen atoms in total. The molecule has 4 heteroatoms. The lowest BCUT2D eigenvalue weighted by molar-refractivity contribution is 0.416. The van der Waals surface area contributed by atoms with Crippen LogP contribution in [0.25, 0.3) is 11.3 Å². The van der Waals surface area contributed by atoms with E-state index in [1.807, 2.05) is 29.9 Å². The van der Waals surface area contributed by atoms with Crippen molar-refractivity contribution in [1.82, 2.24) is 15.1 Å². The molecule has 1 aliphatic rings. The van der Waals surface area contributed by atoms with Gasteiger partial charge in [0.25, 0.3) is 0 Å². The van der Waals surface area contributed by atoms with Gasteiger partial charge in [-0.1, -0.05) is 12.1 Å². The first-order valence-electron chi connectivity index (χ1n) is 6.65. The van der Waals surface area contributed by atoms with E-state index in [1.54, 1.807) is 7.11 Å². The molecule has 0 unspecified atom stereocenters. The lowest BCUT2D eigenvalue weighted by Crippen LogP contribution is -2.27. The fraction of sp³-hybridized carbons (Fsp3) is 0.400. The van der Waals surface area contributed by atoms with Gasteiger partial charge in [-0.15, -0.1) is 0 Å². The van der Waals surface area contributed by atoms with Crippen LogP contribution in [0.1, 0.15) is 24.2 Å². The molecular weight excluding hydrogens is 238 g/mol. The molecule has 19 heavy (non-hydrogen) atoms. The molecular formula is C15H19N3O. The summed E-state index contributed by atoms with van der Waals surface area (Å²) in [6.07, 6.45) is 1.01. The fourth-order valence-electron chi connectivity index (χ4n) is 2.87. The molecule has 2 aromatic rings. The van der Waals surface area contributed by atoms with Crippen molar-refractivity contribution >= 4 is 0 Å². The number of aromatic nitrogens is 2. The third-order valence-electron chi connectivity index (χ3n) is 3.77. The van der Waals surface area contributed by atoms with Crippen LogP contribution in [0.15, 0.2) is 24.3 Å². The molecule has 100 valence electrons. The Kier molecular flexibility index (Phi) is 3.03. The van der Waals surface area contributed by atoms with Gasteiger partial charge in [0.2, 0.25) is 0 Å². The third-order valence-corrected chi connectivity index (χ3v) is 3.77. The predicted octanol–water partition coefficient (Wildman–Crippen LogP) is 2.30. The Balaban J connectivity index is 2.20. The van der Waals surface area contributed by atoms with E-state index in [2.05, 4.69) is 23.4 Å². The maximum atomic E-state index is 5.49. The van der Waals surface area contributed by atoms with E-state index in [4.69, 9.17) is 4.74 Å². The van der Waals surface area contributed by atoms with Gasteiger partial charge in [-0.25, -0.2) is 0 Å². The molecule has 1 aromatic heterocycles. The first-order valence-corrected chi connectivity index (χ1v) is 6.65. The van der Waals surface area contributed by atoms with Crippen LogP contribution < -0.4 is 10.1 Å². The topological polar surface area (TPSA) is 39.1 Å². The summed E-state index contributed by atoms with van der Waals surface area (Å²) in [6.45, 7) is 3.17. The zero-order valence-corrected chi connectivity index (χ0v) is 11.6. The normalized spacial score (nSPS) is 18.2. The number of rotatable bonds is 2. The number of nitrogens with zero attached hydrogens (tertiary/aromatic N) is 2. The van der Waals surface area contributed by atoms with Gasteiger partial charge in [0.05, 0.1) is 18.5 Å². The average Bonchev–Trinajstić information content (AvgIpc) is 2.76. The summed E-state index contributed by atoms with van der Waals surface area (Å²) in [7, 11) is 3.72. The molecule has 1 N–H and O–H groups in total. The van der Waals surface area contributed by atoms with E-state index in [0.717, 1.165) is 30.0 Å². The monoisotopic (exact) mass is 257 g/mol. The number of hydrogen-bond donors (Lipinski definition) is 1. The van der Waals surface area contributed by atoms with E-state index in [0.29, 0.717) is 6.04 Å². The molecule has 0 radical (unpaired) electrons. The van der Waals surface area contributed by atoms with E-state index < -0.39 is 0 Å². The van der Waals surface area contributed by atoms with Crippen molar-refractivity contribution in [2.24, 2.45) is 7.05 Å². The molecule has 0 fully saturated rings. The fourth-order valence-corrected chi connectivity index (χ4v) is 2.87. The van der Waals surface area contributed by atoms with Crippen molar-refractivity contribution in [1.29, 1.82) is 0 Å². The van der Waals surface area contributed by atoms with Crippen LogP contribution >= 0.6 is 0 Å². The van der Waals surface area contributed by atoms with Crippen molar-refractivity contribution in [3.8, 4) is 17.0 Å². The van der Waals surface area contributed by atoms with E-state index in [1.165, 1.54) is 11.3 Å². The number of benzene rings is 1. The highest BCUT2D eigenvalue weighted by Crippen LogP contribution is 2.36. The molecule has 2 heterocycles. The molecule has 0 saturated heterocycles. The first-order chi connectivity index (χ1) is 9.22. The van der Waals surface area contributed by atoms with Gasteiger partial charge in [0.1, 0.15) is 5.75 Å². The third kappa shape index (κ3) is 1.92. The van der Waals surface area contributed by atoms with E-state index in [-0.39, 0.29) is 0 Å². The average molecular weight is 257 g/mol. The van der Waals surface area contributed by atoms with Gasteiger partial charge in [0.15, 0.2) is 0 Å². The Hall–Kier alpha value is -1.81. The van der Waals surface area contributed by atoms with E-state index >= 15 is 0 Å². The number of nitrogens with one attached hydrogen (secondary N) is 1. The summed E-state index contributed by atoms with van der Waals surface area (Å²) in [6, 6.07) is 8.46. The largest absolute Gasteiger partial charge is 0.496 e. The molecule has 1 atom stereocenters. The number of methoxy groups -OCH3 is 1. The molecule has 0 amide bonds.